The molecule has 174 valence electrons. The van der Waals surface area contributed by atoms with Crippen LogP contribution in [0.5, 0.6) is 5.75 Å². The van der Waals surface area contributed by atoms with E-state index in [1.165, 1.54) is 24.3 Å². The molecule has 10 heteroatoms. The minimum absolute atomic E-state index is 0.0294. The minimum Gasteiger partial charge on any atom is -0.379 e. The van der Waals surface area contributed by atoms with E-state index in [1.54, 1.807) is 48.5 Å². The fraction of sp³-hybridized carbons (Fsp3) is 0.0833. The van der Waals surface area contributed by atoms with Crippen LogP contribution in [-0.2, 0) is 21.5 Å². The number of nitrogens with zero attached hydrogens (tertiary/aromatic N) is 1. The summed E-state index contributed by atoms with van der Waals surface area (Å²) in [4.78, 5) is 26.6. The van der Waals surface area contributed by atoms with Crippen molar-refractivity contribution in [2.75, 3.05) is 0 Å². The Morgan fingerprint density at radius 1 is 0.971 bits per heavy atom. The second kappa shape index (κ2) is 9.84. The zero-order chi connectivity index (χ0) is 24.5. The molecule has 1 aliphatic rings. The van der Waals surface area contributed by atoms with Gasteiger partial charge in [-0.1, -0.05) is 59.1 Å². The predicted octanol–water partition coefficient (Wildman–Crippen LogP) is 6.31. The highest BCUT2D eigenvalue weighted by Gasteiger charge is 2.35. The molecule has 6 nitrogen and oxygen atoms in total. The van der Waals surface area contributed by atoms with Crippen molar-refractivity contribution in [2.45, 2.75) is 18.4 Å². The van der Waals surface area contributed by atoms with Crippen molar-refractivity contribution in [3.8, 4) is 5.75 Å². The van der Waals surface area contributed by atoms with Gasteiger partial charge in [-0.05, 0) is 72.3 Å². The maximum atomic E-state index is 12.8. The molecule has 1 aliphatic heterocycles. The van der Waals surface area contributed by atoms with Gasteiger partial charge in [0, 0.05) is 10.0 Å². The van der Waals surface area contributed by atoms with Crippen LogP contribution in [0.25, 0.3) is 6.08 Å². The van der Waals surface area contributed by atoms with Gasteiger partial charge in [-0.3, -0.25) is 14.5 Å². The molecule has 3 aromatic rings. The van der Waals surface area contributed by atoms with Crippen LogP contribution in [0.15, 0.2) is 76.5 Å². The fourth-order valence-corrected chi connectivity index (χ4v) is 5.34. The second-order valence-electron chi connectivity index (χ2n) is 7.42. The number of carbonyl (C=O) groups excluding carboxylic acids is 2. The zero-order valence-electron chi connectivity index (χ0n) is 17.7. The van der Waals surface area contributed by atoms with Crippen LogP contribution in [0.3, 0.4) is 0 Å². The van der Waals surface area contributed by atoms with Crippen molar-refractivity contribution in [1.29, 1.82) is 0 Å². The van der Waals surface area contributed by atoms with Crippen LogP contribution >= 0.6 is 35.0 Å². The predicted molar refractivity (Wildman–Crippen MR) is 133 cm³/mol. The summed E-state index contributed by atoms with van der Waals surface area (Å²) < 4.78 is 30.1. The SMILES string of the molecule is Cc1ccc(S(=O)(=O)Oc2ccc(/C=C3\SC(=O)N(Cc4ccc(Cl)cc4Cl)C3=O)cc2)cc1. The summed E-state index contributed by atoms with van der Waals surface area (Å²) in [5.41, 5.74) is 2.14. The lowest BCUT2D eigenvalue weighted by molar-refractivity contribution is -0.123. The summed E-state index contributed by atoms with van der Waals surface area (Å²) in [6.45, 7) is 1.89. The Bertz CT molecular complexity index is 1400. The maximum Gasteiger partial charge on any atom is 0.339 e. The van der Waals surface area contributed by atoms with E-state index in [9.17, 15) is 18.0 Å². The van der Waals surface area contributed by atoms with Crippen molar-refractivity contribution in [1.82, 2.24) is 4.90 Å². The zero-order valence-corrected chi connectivity index (χ0v) is 20.8. The number of hydrogen-bond acceptors (Lipinski definition) is 6. The van der Waals surface area contributed by atoms with Crippen LogP contribution in [-0.4, -0.2) is 24.5 Å². The van der Waals surface area contributed by atoms with E-state index in [4.69, 9.17) is 27.4 Å². The summed E-state index contributed by atoms with van der Waals surface area (Å²) >= 11 is 12.9. The Balaban J connectivity index is 1.47. The van der Waals surface area contributed by atoms with Gasteiger partial charge >= 0.3 is 10.1 Å². The number of hydrogen-bond donors (Lipinski definition) is 0. The largest absolute Gasteiger partial charge is 0.379 e. The van der Waals surface area contributed by atoms with Crippen LogP contribution in [0.4, 0.5) is 4.79 Å². The molecular formula is C24H17Cl2NO5S2. The molecule has 0 saturated carbocycles. The smallest absolute Gasteiger partial charge is 0.339 e. The number of thioether (sulfide) groups is 1. The summed E-state index contributed by atoms with van der Waals surface area (Å²) in [7, 11) is -3.97. The first-order valence-corrected chi connectivity index (χ1v) is 12.9. The van der Waals surface area contributed by atoms with Gasteiger partial charge in [0.25, 0.3) is 11.1 Å². The maximum absolute atomic E-state index is 12.8. The van der Waals surface area contributed by atoms with Crippen LogP contribution in [0.2, 0.25) is 10.0 Å². The molecule has 0 unspecified atom stereocenters. The Morgan fingerprint density at radius 3 is 2.29 bits per heavy atom. The van der Waals surface area contributed by atoms with Crippen molar-refractivity contribution < 1.29 is 22.2 Å². The molecule has 0 spiro atoms. The summed E-state index contributed by atoms with van der Waals surface area (Å²) in [6.07, 6.45) is 1.56. The first kappa shape index (κ1) is 24.3. The van der Waals surface area contributed by atoms with Crippen LogP contribution in [0.1, 0.15) is 16.7 Å². The number of rotatable bonds is 6. The van der Waals surface area contributed by atoms with Crippen molar-refractivity contribution >= 4 is 62.3 Å². The van der Waals surface area contributed by atoms with E-state index < -0.39 is 21.3 Å². The lowest BCUT2D eigenvalue weighted by Gasteiger charge is -2.13. The van der Waals surface area contributed by atoms with Gasteiger partial charge in [-0.25, -0.2) is 0 Å². The molecule has 1 saturated heterocycles. The summed E-state index contributed by atoms with van der Waals surface area (Å²) in [5, 5.41) is 0.417. The van der Waals surface area contributed by atoms with E-state index in [-0.39, 0.29) is 22.1 Å². The Labute approximate surface area is 211 Å². The van der Waals surface area contributed by atoms with E-state index in [2.05, 4.69) is 0 Å². The van der Waals surface area contributed by atoms with Gasteiger partial charge in [0.05, 0.1) is 11.4 Å². The molecule has 0 bridgehead atoms. The molecule has 2 amide bonds. The van der Waals surface area contributed by atoms with Crippen molar-refractivity contribution in [3.63, 3.8) is 0 Å². The normalized spacial score (nSPS) is 15.3. The number of imide groups is 1. The summed E-state index contributed by atoms with van der Waals surface area (Å²) in [6, 6.07) is 17.4. The van der Waals surface area contributed by atoms with E-state index in [1.807, 2.05) is 6.92 Å². The first-order valence-electron chi connectivity index (χ1n) is 9.93. The molecule has 0 N–H and O–H groups in total. The lowest BCUT2D eigenvalue weighted by atomic mass is 10.2. The highest BCUT2D eigenvalue weighted by Crippen LogP contribution is 2.34. The topological polar surface area (TPSA) is 80.8 Å². The highest BCUT2D eigenvalue weighted by molar-refractivity contribution is 8.18. The third kappa shape index (κ3) is 5.47. The fourth-order valence-electron chi connectivity index (χ4n) is 3.11. The Morgan fingerprint density at radius 2 is 1.65 bits per heavy atom. The van der Waals surface area contributed by atoms with Crippen molar-refractivity contribution in [2.24, 2.45) is 0 Å². The molecule has 1 heterocycles. The first-order chi connectivity index (χ1) is 16.1. The average molecular weight is 534 g/mol. The summed E-state index contributed by atoms with van der Waals surface area (Å²) in [5.74, 6) is -0.313. The van der Waals surface area contributed by atoms with Gasteiger partial charge in [0.1, 0.15) is 10.6 Å². The third-order valence-corrected chi connectivity index (χ3v) is 7.67. The number of aryl methyl sites for hydroxylation is 1. The molecule has 34 heavy (non-hydrogen) atoms. The molecular weight excluding hydrogens is 517 g/mol. The number of amides is 2. The quantitative estimate of drug-likeness (QED) is 0.273. The molecule has 0 aliphatic carbocycles. The second-order valence-corrected chi connectivity index (χ2v) is 10.8. The van der Waals surface area contributed by atoms with Gasteiger partial charge < -0.3 is 4.18 Å². The molecule has 3 aromatic carbocycles. The highest BCUT2D eigenvalue weighted by atomic mass is 35.5. The van der Waals surface area contributed by atoms with E-state index >= 15 is 0 Å². The van der Waals surface area contributed by atoms with Gasteiger partial charge in [0.15, 0.2) is 0 Å². The third-order valence-electron chi connectivity index (χ3n) is 4.91. The van der Waals surface area contributed by atoms with Gasteiger partial charge in [-0.2, -0.15) is 8.42 Å². The van der Waals surface area contributed by atoms with Gasteiger partial charge in [0.2, 0.25) is 0 Å². The molecule has 0 radical (unpaired) electrons. The molecule has 0 aromatic heterocycles. The van der Waals surface area contributed by atoms with E-state index in [0.717, 1.165) is 22.2 Å². The number of carbonyl (C=O) groups is 2. The van der Waals surface area contributed by atoms with Crippen LogP contribution < -0.4 is 4.18 Å². The number of halogens is 2. The Kier molecular flexibility index (Phi) is 7.04. The van der Waals surface area contributed by atoms with Gasteiger partial charge in [-0.15, -0.1) is 0 Å². The average Bonchev–Trinajstić information content (AvgIpc) is 3.04. The molecule has 0 atom stereocenters. The monoisotopic (exact) mass is 533 g/mol. The van der Waals surface area contributed by atoms with E-state index in [0.29, 0.717) is 21.2 Å². The standard InChI is InChI=1S/C24H17Cl2NO5S2/c1-15-2-10-20(11-3-15)34(30,31)32-19-8-4-16(5-9-19)12-22-23(28)27(24(29)33-22)14-17-6-7-18(25)13-21(17)26/h2-13H,14H2,1H3/b22-12-. The van der Waals surface area contributed by atoms with Crippen molar-refractivity contribution in [3.05, 3.63) is 98.4 Å². The number of benzene rings is 3. The molecule has 4 rings (SSSR count). The minimum atomic E-state index is -3.97. The molecule has 1 fully saturated rings. The lowest BCUT2D eigenvalue weighted by Crippen LogP contribution is -2.27. The Hall–Kier alpha value is -2.78. The van der Waals surface area contributed by atoms with Crippen LogP contribution in [0, 0.1) is 6.92 Å².